The third-order valence-corrected chi connectivity index (χ3v) is 11.6. The molecule has 0 bridgehead atoms. The van der Waals surface area contributed by atoms with Gasteiger partial charge in [0.1, 0.15) is 22.3 Å². The SMILES string of the molecule is c1ccc(-c2nc(-c3ccccc3)nc(-c3ccc4oc5ccc6sc7cc8c(-c9cccc%10ccccc9%10)cccc8c8oc3c4c5c6c78)n2)cc1. The first-order valence-corrected chi connectivity index (χ1v) is 18.4. The highest BCUT2D eigenvalue weighted by Crippen LogP contribution is 2.50. The molecule has 8 aromatic carbocycles. The van der Waals surface area contributed by atoms with Gasteiger partial charge >= 0.3 is 0 Å². The molecular weight excluding hydrogens is 671 g/mol. The number of thiophene rings is 1. The monoisotopic (exact) mass is 695 g/mol. The maximum atomic E-state index is 7.39. The molecule has 246 valence electrons. The van der Waals surface area contributed by atoms with Crippen LogP contribution < -0.4 is 0 Å². The number of hydrogen-bond donors (Lipinski definition) is 0. The first kappa shape index (κ1) is 28.8. The van der Waals surface area contributed by atoms with E-state index in [4.69, 9.17) is 23.8 Å². The second kappa shape index (κ2) is 10.8. The predicted octanol–water partition coefficient (Wildman–Crippen LogP) is 13.3. The fraction of sp³-hybridized carbons (Fsp3) is 0. The second-order valence-electron chi connectivity index (χ2n) is 13.5. The van der Waals surface area contributed by atoms with Crippen LogP contribution in [0.25, 0.3) is 120 Å². The maximum Gasteiger partial charge on any atom is 0.167 e. The molecule has 0 saturated heterocycles. The van der Waals surface area contributed by atoms with Gasteiger partial charge in [0.2, 0.25) is 0 Å². The van der Waals surface area contributed by atoms with E-state index >= 15 is 0 Å². The Kier molecular flexibility index (Phi) is 5.87. The molecule has 12 rings (SSSR count). The zero-order valence-corrected chi connectivity index (χ0v) is 28.8. The fourth-order valence-corrected chi connectivity index (χ4v) is 9.31. The Balaban J connectivity index is 1.23. The van der Waals surface area contributed by atoms with Gasteiger partial charge in [0, 0.05) is 42.1 Å². The highest BCUT2D eigenvalue weighted by Gasteiger charge is 2.26. The van der Waals surface area contributed by atoms with Crippen LogP contribution in [-0.4, -0.2) is 15.0 Å². The van der Waals surface area contributed by atoms with Crippen LogP contribution in [-0.2, 0) is 0 Å². The van der Waals surface area contributed by atoms with Crippen LogP contribution in [0.2, 0.25) is 0 Å². The van der Waals surface area contributed by atoms with E-state index in [9.17, 15) is 0 Å². The molecular formula is C47H25N3O2S. The van der Waals surface area contributed by atoms with Gasteiger partial charge in [0.05, 0.1) is 10.9 Å². The van der Waals surface area contributed by atoms with Gasteiger partial charge in [0.25, 0.3) is 0 Å². The van der Waals surface area contributed by atoms with Crippen LogP contribution in [0, 0.1) is 0 Å². The van der Waals surface area contributed by atoms with Gasteiger partial charge < -0.3 is 8.83 Å². The molecule has 5 nitrogen and oxygen atoms in total. The largest absolute Gasteiger partial charge is 0.456 e. The van der Waals surface area contributed by atoms with Crippen molar-refractivity contribution in [1.29, 1.82) is 0 Å². The standard InChI is InChI=1S/C47H25N3O2S/c1-3-12-27(13-4-1)45-48-46(28-14-5-2-6-15-28)50-47(49-45)33-21-22-36-40-39-35(51-36)23-24-37-41(39)42-38(53-37)25-34-31(19-10-20-32(34)43(42)52-44(33)40)30-18-9-16-26-11-7-8-17-29(26)30/h1-25H. The lowest BCUT2D eigenvalue weighted by molar-refractivity contribution is 0.659. The van der Waals surface area contributed by atoms with Crippen LogP contribution in [0.15, 0.2) is 160 Å². The van der Waals surface area contributed by atoms with Gasteiger partial charge in [-0.05, 0) is 57.6 Å². The van der Waals surface area contributed by atoms with Gasteiger partial charge in [-0.1, -0.05) is 121 Å². The summed E-state index contributed by atoms with van der Waals surface area (Å²) in [6, 6.07) is 52.5. The van der Waals surface area contributed by atoms with Crippen molar-refractivity contribution in [3.63, 3.8) is 0 Å². The Morgan fingerprint density at radius 2 is 1.00 bits per heavy atom. The fourth-order valence-electron chi connectivity index (χ4n) is 8.15. The van der Waals surface area contributed by atoms with Gasteiger partial charge in [-0.15, -0.1) is 11.3 Å². The molecule has 0 aliphatic carbocycles. The van der Waals surface area contributed by atoms with Crippen molar-refractivity contribution >= 4 is 86.2 Å². The van der Waals surface area contributed by atoms with Gasteiger partial charge in [0.15, 0.2) is 17.5 Å². The zero-order chi connectivity index (χ0) is 34.6. The van der Waals surface area contributed by atoms with Crippen molar-refractivity contribution < 1.29 is 8.83 Å². The molecule has 0 atom stereocenters. The van der Waals surface area contributed by atoms with E-state index in [1.807, 2.05) is 72.8 Å². The summed E-state index contributed by atoms with van der Waals surface area (Å²) in [5.74, 6) is 1.73. The predicted molar refractivity (Wildman–Crippen MR) is 218 cm³/mol. The maximum absolute atomic E-state index is 7.39. The van der Waals surface area contributed by atoms with Crippen LogP contribution in [0.1, 0.15) is 0 Å². The summed E-state index contributed by atoms with van der Waals surface area (Å²) in [7, 11) is 0. The average molecular weight is 696 g/mol. The van der Waals surface area contributed by atoms with Crippen molar-refractivity contribution in [2.45, 2.75) is 0 Å². The third kappa shape index (κ3) is 4.15. The van der Waals surface area contributed by atoms with E-state index in [2.05, 4.69) is 78.9 Å². The van der Waals surface area contributed by atoms with Crippen molar-refractivity contribution in [3.8, 4) is 45.3 Å². The van der Waals surface area contributed by atoms with E-state index in [-0.39, 0.29) is 0 Å². The molecule has 0 N–H and O–H groups in total. The summed E-state index contributed by atoms with van der Waals surface area (Å²) >= 11 is 1.80. The summed E-state index contributed by atoms with van der Waals surface area (Å²) < 4.78 is 16.3. The lowest BCUT2D eigenvalue weighted by Crippen LogP contribution is -2.00. The molecule has 0 spiro atoms. The van der Waals surface area contributed by atoms with Crippen LogP contribution >= 0.6 is 11.3 Å². The topological polar surface area (TPSA) is 65.0 Å². The lowest BCUT2D eigenvalue weighted by Gasteiger charge is -2.12. The van der Waals surface area contributed by atoms with E-state index < -0.39 is 0 Å². The summed E-state index contributed by atoms with van der Waals surface area (Å²) in [4.78, 5) is 15.2. The van der Waals surface area contributed by atoms with Gasteiger partial charge in [-0.3, -0.25) is 0 Å². The second-order valence-corrected chi connectivity index (χ2v) is 14.6. The molecule has 4 heterocycles. The summed E-state index contributed by atoms with van der Waals surface area (Å²) in [6.07, 6.45) is 0. The first-order chi connectivity index (χ1) is 26.3. The molecule has 4 aromatic heterocycles. The minimum absolute atomic E-state index is 0.536. The molecule has 0 fully saturated rings. The van der Waals surface area contributed by atoms with E-state index in [1.165, 1.54) is 31.3 Å². The number of hydrogen-bond acceptors (Lipinski definition) is 6. The smallest absolute Gasteiger partial charge is 0.167 e. The Morgan fingerprint density at radius 1 is 0.377 bits per heavy atom. The zero-order valence-electron chi connectivity index (χ0n) is 28.0. The van der Waals surface area contributed by atoms with Crippen molar-refractivity contribution in [2.24, 2.45) is 0 Å². The average Bonchev–Trinajstić information content (AvgIpc) is 3.74. The Labute approximate surface area is 305 Å². The van der Waals surface area contributed by atoms with Crippen LogP contribution in [0.3, 0.4) is 0 Å². The first-order valence-electron chi connectivity index (χ1n) is 17.6. The quantitative estimate of drug-likeness (QED) is 0.183. The summed E-state index contributed by atoms with van der Waals surface area (Å²) in [5, 5.41) is 8.89. The molecule has 0 saturated carbocycles. The Morgan fingerprint density at radius 3 is 1.79 bits per heavy atom. The highest BCUT2D eigenvalue weighted by atomic mass is 32.1. The Bertz CT molecular complexity index is 3330. The molecule has 12 aromatic rings. The highest BCUT2D eigenvalue weighted by molar-refractivity contribution is 7.26. The minimum atomic E-state index is 0.536. The molecule has 0 aliphatic rings. The molecule has 0 unspecified atom stereocenters. The molecule has 0 aliphatic heterocycles. The normalized spacial score (nSPS) is 12.2. The summed E-state index contributed by atoms with van der Waals surface area (Å²) in [6.45, 7) is 0. The van der Waals surface area contributed by atoms with E-state index in [0.717, 1.165) is 65.8 Å². The van der Waals surface area contributed by atoms with E-state index in [1.54, 1.807) is 11.3 Å². The molecule has 0 amide bonds. The van der Waals surface area contributed by atoms with Crippen molar-refractivity contribution in [2.75, 3.05) is 0 Å². The van der Waals surface area contributed by atoms with Crippen LogP contribution in [0.5, 0.6) is 0 Å². The molecule has 0 radical (unpaired) electrons. The summed E-state index contributed by atoms with van der Waals surface area (Å²) in [5.41, 5.74) is 8.09. The minimum Gasteiger partial charge on any atom is -0.456 e. The lowest BCUT2D eigenvalue weighted by atomic mass is 9.93. The van der Waals surface area contributed by atoms with Crippen molar-refractivity contribution in [1.82, 2.24) is 15.0 Å². The van der Waals surface area contributed by atoms with Crippen molar-refractivity contribution in [3.05, 3.63) is 152 Å². The number of benzene rings is 8. The third-order valence-electron chi connectivity index (χ3n) is 10.5. The molecule has 6 heteroatoms. The number of fused-ring (bicyclic) bond motifs is 3. The Hall–Kier alpha value is -6.89. The number of nitrogens with zero attached hydrogens (tertiary/aromatic N) is 3. The van der Waals surface area contributed by atoms with Crippen LogP contribution in [0.4, 0.5) is 0 Å². The van der Waals surface area contributed by atoms with E-state index in [0.29, 0.717) is 23.1 Å². The number of rotatable bonds is 4. The number of aromatic nitrogens is 3. The molecule has 53 heavy (non-hydrogen) atoms. The number of furan rings is 1. The van der Waals surface area contributed by atoms with Gasteiger partial charge in [-0.25, -0.2) is 15.0 Å². The van der Waals surface area contributed by atoms with Gasteiger partial charge in [-0.2, -0.15) is 0 Å².